The highest BCUT2D eigenvalue weighted by Crippen LogP contribution is 2.25. The largest absolute Gasteiger partial charge is 0.378 e. The van der Waals surface area contributed by atoms with Crippen molar-refractivity contribution < 1.29 is 0 Å². The van der Waals surface area contributed by atoms with Crippen molar-refractivity contribution in [2.24, 2.45) is 0 Å². The molecule has 3 rings (SSSR count). The lowest BCUT2D eigenvalue weighted by molar-refractivity contribution is 0.965. The number of nitrogens with zero attached hydrogens (tertiary/aromatic N) is 2. The smallest absolute Gasteiger partial charge is 0.258 e. The van der Waals surface area contributed by atoms with E-state index in [2.05, 4.69) is 10.3 Å². The minimum absolute atomic E-state index is 0.104. The Bertz CT molecular complexity index is 906. The van der Waals surface area contributed by atoms with E-state index in [9.17, 15) is 4.79 Å². The second-order valence-electron chi connectivity index (χ2n) is 5.00. The molecule has 112 valence electrons. The van der Waals surface area contributed by atoms with Crippen molar-refractivity contribution in [2.45, 2.75) is 13.5 Å². The molecule has 0 radical (unpaired) electrons. The van der Waals surface area contributed by atoms with Crippen molar-refractivity contribution in [3.8, 4) is 0 Å². The number of pyridine rings is 1. The molecule has 0 aliphatic heterocycles. The zero-order chi connectivity index (χ0) is 15.7. The molecular formula is C16H13Cl2N3O. The molecule has 0 aliphatic rings. The molecule has 0 saturated carbocycles. The second-order valence-corrected chi connectivity index (χ2v) is 5.84. The average Bonchev–Trinajstić information content (AvgIpc) is 2.47. The Balaban J connectivity index is 1.88. The first-order valence-electron chi connectivity index (χ1n) is 6.71. The number of benzene rings is 1. The van der Waals surface area contributed by atoms with E-state index in [0.29, 0.717) is 27.9 Å². The maximum atomic E-state index is 12.1. The summed E-state index contributed by atoms with van der Waals surface area (Å²) in [5.74, 6) is 0. The van der Waals surface area contributed by atoms with Gasteiger partial charge in [0.15, 0.2) is 0 Å². The molecule has 0 amide bonds. The normalized spacial score (nSPS) is 10.9. The third kappa shape index (κ3) is 3.08. The van der Waals surface area contributed by atoms with Crippen LogP contribution in [0.3, 0.4) is 0 Å². The number of hydrogen-bond donors (Lipinski definition) is 1. The van der Waals surface area contributed by atoms with Crippen molar-refractivity contribution in [3.63, 3.8) is 0 Å². The average molecular weight is 334 g/mol. The highest BCUT2D eigenvalue weighted by molar-refractivity contribution is 6.36. The Morgan fingerprint density at radius 2 is 2.00 bits per heavy atom. The topological polar surface area (TPSA) is 46.4 Å². The molecule has 0 aliphatic carbocycles. The van der Waals surface area contributed by atoms with E-state index in [0.717, 1.165) is 11.3 Å². The van der Waals surface area contributed by atoms with Crippen molar-refractivity contribution in [1.82, 2.24) is 9.38 Å². The maximum absolute atomic E-state index is 12.1. The fourth-order valence-corrected chi connectivity index (χ4v) is 2.64. The Morgan fingerprint density at radius 1 is 1.18 bits per heavy atom. The first-order valence-corrected chi connectivity index (χ1v) is 7.46. The van der Waals surface area contributed by atoms with Gasteiger partial charge in [0, 0.05) is 17.3 Å². The van der Waals surface area contributed by atoms with Crippen LogP contribution in [-0.4, -0.2) is 9.38 Å². The van der Waals surface area contributed by atoms with Crippen LogP contribution >= 0.6 is 23.2 Å². The van der Waals surface area contributed by atoms with Crippen LogP contribution in [0.1, 0.15) is 11.3 Å². The summed E-state index contributed by atoms with van der Waals surface area (Å²) in [4.78, 5) is 16.6. The number of aromatic nitrogens is 2. The SMILES string of the molecule is Cc1ccc2nc(CNc3ccc(Cl)cc3Cl)cc(=O)n2c1. The fraction of sp³-hybridized carbons (Fsp3) is 0.125. The summed E-state index contributed by atoms with van der Waals surface area (Å²) in [6, 6.07) is 10.5. The minimum atomic E-state index is -0.104. The van der Waals surface area contributed by atoms with Crippen LogP contribution in [0.2, 0.25) is 10.0 Å². The quantitative estimate of drug-likeness (QED) is 0.790. The molecule has 1 aromatic carbocycles. The number of fused-ring (bicyclic) bond motifs is 1. The minimum Gasteiger partial charge on any atom is -0.378 e. The molecular weight excluding hydrogens is 321 g/mol. The summed E-state index contributed by atoms with van der Waals surface area (Å²) >= 11 is 12.0. The first-order chi connectivity index (χ1) is 10.5. The van der Waals surface area contributed by atoms with Crippen LogP contribution in [0, 0.1) is 6.92 Å². The van der Waals surface area contributed by atoms with Gasteiger partial charge in [-0.15, -0.1) is 0 Å². The summed E-state index contributed by atoms with van der Waals surface area (Å²) in [7, 11) is 0. The van der Waals surface area contributed by atoms with Gasteiger partial charge in [0.05, 0.1) is 22.9 Å². The van der Waals surface area contributed by atoms with Gasteiger partial charge in [-0.2, -0.15) is 0 Å². The van der Waals surface area contributed by atoms with Gasteiger partial charge >= 0.3 is 0 Å². The summed E-state index contributed by atoms with van der Waals surface area (Å²) in [6.45, 7) is 2.34. The van der Waals surface area contributed by atoms with Gasteiger partial charge in [0.25, 0.3) is 5.56 Å². The van der Waals surface area contributed by atoms with Gasteiger partial charge in [-0.25, -0.2) is 4.98 Å². The number of hydrogen-bond acceptors (Lipinski definition) is 3. The highest BCUT2D eigenvalue weighted by atomic mass is 35.5. The summed E-state index contributed by atoms with van der Waals surface area (Å²) < 4.78 is 1.54. The molecule has 2 aromatic heterocycles. The van der Waals surface area contributed by atoms with Crippen LogP contribution in [0.25, 0.3) is 5.65 Å². The lowest BCUT2D eigenvalue weighted by Gasteiger charge is -2.09. The molecule has 1 N–H and O–H groups in total. The molecule has 2 heterocycles. The van der Waals surface area contributed by atoms with Gasteiger partial charge in [0.1, 0.15) is 5.65 Å². The van der Waals surface area contributed by atoms with E-state index in [1.54, 1.807) is 24.4 Å². The lowest BCUT2D eigenvalue weighted by atomic mass is 10.3. The zero-order valence-corrected chi connectivity index (χ0v) is 13.3. The Labute approximate surface area is 137 Å². The van der Waals surface area contributed by atoms with E-state index in [-0.39, 0.29) is 5.56 Å². The number of halogens is 2. The van der Waals surface area contributed by atoms with E-state index >= 15 is 0 Å². The third-order valence-electron chi connectivity index (χ3n) is 3.25. The third-order valence-corrected chi connectivity index (χ3v) is 3.80. The van der Waals surface area contributed by atoms with Crippen LogP contribution in [0.15, 0.2) is 47.4 Å². The number of anilines is 1. The molecule has 22 heavy (non-hydrogen) atoms. The Hall–Kier alpha value is -2.04. The zero-order valence-electron chi connectivity index (χ0n) is 11.8. The Morgan fingerprint density at radius 3 is 2.77 bits per heavy atom. The molecule has 0 bridgehead atoms. The van der Waals surface area contributed by atoms with Crippen LogP contribution < -0.4 is 10.9 Å². The van der Waals surface area contributed by atoms with Crippen LogP contribution in [0.4, 0.5) is 5.69 Å². The maximum Gasteiger partial charge on any atom is 0.258 e. The van der Waals surface area contributed by atoms with Crippen molar-refractivity contribution in [2.75, 3.05) is 5.32 Å². The summed E-state index contributed by atoms with van der Waals surface area (Å²) in [5, 5.41) is 4.26. The summed E-state index contributed by atoms with van der Waals surface area (Å²) in [5.41, 5.74) is 2.93. The number of rotatable bonds is 3. The molecule has 0 unspecified atom stereocenters. The monoisotopic (exact) mass is 333 g/mol. The number of nitrogens with one attached hydrogen (secondary N) is 1. The summed E-state index contributed by atoms with van der Waals surface area (Å²) in [6.07, 6.45) is 1.78. The second kappa shape index (κ2) is 5.99. The highest BCUT2D eigenvalue weighted by Gasteiger charge is 2.05. The lowest BCUT2D eigenvalue weighted by Crippen LogP contribution is -2.17. The molecule has 0 spiro atoms. The molecule has 3 aromatic rings. The molecule has 0 fully saturated rings. The van der Waals surface area contributed by atoms with E-state index in [1.165, 1.54) is 10.5 Å². The predicted molar refractivity (Wildman–Crippen MR) is 90.0 cm³/mol. The van der Waals surface area contributed by atoms with Gasteiger partial charge < -0.3 is 5.32 Å². The van der Waals surface area contributed by atoms with Crippen LogP contribution in [-0.2, 0) is 6.54 Å². The van der Waals surface area contributed by atoms with E-state index in [1.807, 2.05) is 19.1 Å². The molecule has 0 atom stereocenters. The van der Waals surface area contributed by atoms with E-state index in [4.69, 9.17) is 23.2 Å². The van der Waals surface area contributed by atoms with Crippen LogP contribution in [0.5, 0.6) is 0 Å². The van der Waals surface area contributed by atoms with E-state index < -0.39 is 0 Å². The fourth-order valence-electron chi connectivity index (χ4n) is 2.17. The molecule has 0 saturated heterocycles. The van der Waals surface area contributed by atoms with Gasteiger partial charge in [-0.3, -0.25) is 9.20 Å². The van der Waals surface area contributed by atoms with Crippen molar-refractivity contribution >= 4 is 34.5 Å². The van der Waals surface area contributed by atoms with Crippen molar-refractivity contribution in [1.29, 1.82) is 0 Å². The Kier molecular flexibility index (Phi) is 4.05. The van der Waals surface area contributed by atoms with Gasteiger partial charge in [0.2, 0.25) is 0 Å². The predicted octanol–water partition coefficient (Wildman–Crippen LogP) is 3.92. The number of aryl methyl sites for hydroxylation is 1. The van der Waals surface area contributed by atoms with Gasteiger partial charge in [-0.05, 0) is 36.8 Å². The molecule has 6 heteroatoms. The molecule has 4 nitrogen and oxygen atoms in total. The standard InChI is InChI=1S/C16H13Cl2N3O/c1-10-2-5-15-20-12(7-16(22)21(15)9-10)8-19-14-4-3-11(17)6-13(14)18/h2-7,9,19H,8H2,1H3. The first kappa shape index (κ1) is 14.9. The van der Waals surface area contributed by atoms with Gasteiger partial charge in [-0.1, -0.05) is 29.3 Å². The van der Waals surface area contributed by atoms with Crippen molar-refractivity contribution in [3.05, 3.63) is 74.3 Å².